The standard InChI is InChI=1S/C14H17N5O4/c1-2-18(8-12(21)9-4-3-5-10(20)6-9)14-16-7-11(19(22)23)13(15)17-14/h3-7,12,20-21H,2,8H2,1H3,(H2,15,16,17)/t12-/m1/s1. The lowest BCUT2D eigenvalue weighted by Gasteiger charge is -2.24. The third-order valence-corrected chi connectivity index (χ3v) is 3.29. The Balaban J connectivity index is 2.19. The van der Waals surface area contributed by atoms with Crippen molar-refractivity contribution < 1.29 is 15.1 Å². The largest absolute Gasteiger partial charge is 0.508 e. The normalized spacial score (nSPS) is 11.9. The fourth-order valence-electron chi connectivity index (χ4n) is 2.07. The van der Waals surface area contributed by atoms with Gasteiger partial charge in [-0.1, -0.05) is 12.1 Å². The fraction of sp³-hybridized carbons (Fsp3) is 0.286. The summed E-state index contributed by atoms with van der Waals surface area (Å²) in [5.41, 5.74) is 5.74. The maximum absolute atomic E-state index is 10.7. The van der Waals surface area contributed by atoms with E-state index in [4.69, 9.17) is 5.73 Å². The molecule has 9 heteroatoms. The zero-order valence-corrected chi connectivity index (χ0v) is 12.5. The molecule has 1 aromatic heterocycles. The molecule has 0 radical (unpaired) electrons. The molecule has 1 heterocycles. The maximum atomic E-state index is 10.7. The zero-order chi connectivity index (χ0) is 17.0. The molecule has 0 saturated heterocycles. The van der Waals surface area contributed by atoms with Gasteiger partial charge in [0.2, 0.25) is 11.8 Å². The van der Waals surface area contributed by atoms with E-state index >= 15 is 0 Å². The number of aliphatic hydroxyl groups excluding tert-OH is 1. The Morgan fingerprint density at radius 2 is 2.22 bits per heavy atom. The third-order valence-electron chi connectivity index (χ3n) is 3.29. The quantitative estimate of drug-likeness (QED) is 0.533. The number of aliphatic hydroxyl groups is 1. The van der Waals surface area contributed by atoms with Crippen LogP contribution >= 0.6 is 0 Å². The number of rotatable bonds is 6. The Bertz CT molecular complexity index is 709. The smallest absolute Gasteiger partial charge is 0.329 e. The van der Waals surface area contributed by atoms with E-state index in [0.29, 0.717) is 12.1 Å². The van der Waals surface area contributed by atoms with Crippen LogP contribution in [0.15, 0.2) is 30.5 Å². The van der Waals surface area contributed by atoms with E-state index < -0.39 is 11.0 Å². The molecule has 0 aliphatic carbocycles. The lowest BCUT2D eigenvalue weighted by molar-refractivity contribution is -0.384. The lowest BCUT2D eigenvalue weighted by Crippen LogP contribution is -2.30. The topological polar surface area (TPSA) is 139 Å². The lowest BCUT2D eigenvalue weighted by atomic mass is 10.1. The minimum absolute atomic E-state index is 0.0560. The summed E-state index contributed by atoms with van der Waals surface area (Å²) in [5.74, 6) is 0.0144. The number of aromatic hydroxyl groups is 1. The Morgan fingerprint density at radius 1 is 1.48 bits per heavy atom. The van der Waals surface area contributed by atoms with Crippen molar-refractivity contribution in [2.75, 3.05) is 23.7 Å². The molecule has 122 valence electrons. The average Bonchev–Trinajstić information content (AvgIpc) is 2.51. The monoisotopic (exact) mass is 319 g/mol. The second-order valence-electron chi connectivity index (χ2n) is 4.85. The third kappa shape index (κ3) is 3.83. The number of phenolic OH excluding ortho intramolecular Hbond substituents is 1. The van der Waals surface area contributed by atoms with Crippen molar-refractivity contribution in [3.8, 4) is 5.75 Å². The predicted octanol–water partition coefficient (Wildman–Crippen LogP) is 1.23. The van der Waals surface area contributed by atoms with E-state index in [9.17, 15) is 20.3 Å². The summed E-state index contributed by atoms with van der Waals surface area (Å²) >= 11 is 0. The highest BCUT2D eigenvalue weighted by Gasteiger charge is 2.19. The fourth-order valence-corrected chi connectivity index (χ4v) is 2.07. The van der Waals surface area contributed by atoms with Gasteiger partial charge in [0.15, 0.2) is 0 Å². The van der Waals surface area contributed by atoms with Crippen LogP contribution in [0.1, 0.15) is 18.6 Å². The Kier molecular flexibility index (Phi) is 4.91. The van der Waals surface area contributed by atoms with Crippen LogP contribution in [0.25, 0.3) is 0 Å². The van der Waals surface area contributed by atoms with Crippen LogP contribution in [0.5, 0.6) is 5.75 Å². The van der Waals surface area contributed by atoms with E-state index in [1.54, 1.807) is 17.0 Å². The van der Waals surface area contributed by atoms with Gasteiger partial charge in [0.05, 0.1) is 17.6 Å². The van der Waals surface area contributed by atoms with Gasteiger partial charge in [-0.05, 0) is 24.6 Å². The molecule has 0 amide bonds. The van der Waals surface area contributed by atoms with Gasteiger partial charge in [0.25, 0.3) is 0 Å². The number of likely N-dealkylation sites (N-methyl/N-ethyl adjacent to an activating group) is 1. The summed E-state index contributed by atoms with van der Waals surface area (Å²) in [4.78, 5) is 19.6. The molecule has 0 saturated carbocycles. The second kappa shape index (κ2) is 6.88. The van der Waals surface area contributed by atoms with Crippen molar-refractivity contribution in [1.82, 2.24) is 9.97 Å². The summed E-state index contributed by atoms with van der Waals surface area (Å²) < 4.78 is 0. The molecule has 1 atom stereocenters. The molecule has 4 N–H and O–H groups in total. The Labute approximate surface area is 132 Å². The molecular formula is C14H17N5O4. The molecule has 2 aromatic rings. The van der Waals surface area contributed by atoms with E-state index in [1.807, 2.05) is 6.92 Å². The van der Waals surface area contributed by atoms with E-state index in [-0.39, 0.29) is 29.7 Å². The first-order valence-corrected chi connectivity index (χ1v) is 6.91. The molecule has 0 fully saturated rings. The molecule has 0 unspecified atom stereocenters. The number of aromatic nitrogens is 2. The summed E-state index contributed by atoms with van der Waals surface area (Å²) in [6.45, 7) is 2.44. The number of nitrogen functional groups attached to an aromatic ring is 1. The van der Waals surface area contributed by atoms with Gasteiger partial charge in [0, 0.05) is 6.54 Å². The van der Waals surface area contributed by atoms with Crippen molar-refractivity contribution in [2.45, 2.75) is 13.0 Å². The van der Waals surface area contributed by atoms with E-state index in [2.05, 4.69) is 9.97 Å². The number of hydrogen-bond acceptors (Lipinski definition) is 8. The number of phenols is 1. The van der Waals surface area contributed by atoms with Crippen LogP contribution in [0.3, 0.4) is 0 Å². The Morgan fingerprint density at radius 3 is 2.78 bits per heavy atom. The number of benzene rings is 1. The van der Waals surface area contributed by atoms with Gasteiger partial charge in [-0.3, -0.25) is 10.1 Å². The Hall–Kier alpha value is -2.94. The molecule has 2 rings (SSSR count). The number of nitrogens with two attached hydrogens (primary N) is 1. The minimum Gasteiger partial charge on any atom is -0.508 e. The molecular weight excluding hydrogens is 302 g/mol. The molecule has 23 heavy (non-hydrogen) atoms. The van der Waals surface area contributed by atoms with Crippen molar-refractivity contribution >= 4 is 17.5 Å². The number of nitro groups is 1. The van der Waals surface area contributed by atoms with Crippen LogP contribution < -0.4 is 10.6 Å². The molecule has 0 spiro atoms. The van der Waals surface area contributed by atoms with Gasteiger partial charge < -0.3 is 20.8 Å². The highest BCUT2D eigenvalue weighted by Crippen LogP contribution is 2.23. The average molecular weight is 319 g/mol. The van der Waals surface area contributed by atoms with E-state index in [0.717, 1.165) is 6.20 Å². The predicted molar refractivity (Wildman–Crippen MR) is 84.1 cm³/mol. The number of hydrogen-bond donors (Lipinski definition) is 3. The number of nitrogens with zero attached hydrogens (tertiary/aromatic N) is 4. The van der Waals surface area contributed by atoms with Crippen molar-refractivity contribution in [2.24, 2.45) is 0 Å². The summed E-state index contributed by atoms with van der Waals surface area (Å²) in [7, 11) is 0. The van der Waals surface area contributed by atoms with Gasteiger partial charge in [-0.15, -0.1) is 0 Å². The van der Waals surface area contributed by atoms with Crippen molar-refractivity contribution in [3.05, 3.63) is 46.1 Å². The highest BCUT2D eigenvalue weighted by molar-refractivity contribution is 5.53. The summed E-state index contributed by atoms with van der Waals surface area (Å²) in [5, 5.41) is 30.5. The molecule has 0 aliphatic heterocycles. The highest BCUT2D eigenvalue weighted by atomic mass is 16.6. The first-order chi connectivity index (χ1) is 10.9. The molecule has 0 aliphatic rings. The van der Waals surface area contributed by atoms with Crippen LogP contribution in [0.2, 0.25) is 0 Å². The first-order valence-electron chi connectivity index (χ1n) is 6.91. The summed E-state index contributed by atoms with van der Waals surface area (Å²) in [6, 6.07) is 6.28. The molecule has 0 bridgehead atoms. The SMILES string of the molecule is CCN(C[C@@H](O)c1cccc(O)c1)c1ncc([N+](=O)[O-])c(N)n1. The van der Waals surface area contributed by atoms with Gasteiger partial charge in [-0.2, -0.15) is 4.98 Å². The van der Waals surface area contributed by atoms with Crippen LogP contribution in [-0.2, 0) is 0 Å². The molecule has 9 nitrogen and oxygen atoms in total. The van der Waals surface area contributed by atoms with Crippen LogP contribution in [-0.4, -0.2) is 38.2 Å². The van der Waals surface area contributed by atoms with Gasteiger partial charge in [-0.25, -0.2) is 4.98 Å². The first kappa shape index (κ1) is 16.4. The van der Waals surface area contributed by atoms with Crippen LogP contribution in [0.4, 0.5) is 17.5 Å². The van der Waals surface area contributed by atoms with E-state index in [1.165, 1.54) is 12.1 Å². The zero-order valence-electron chi connectivity index (χ0n) is 12.5. The second-order valence-corrected chi connectivity index (χ2v) is 4.85. The molecule has 1 aromatic carbocycles. The van der Waals surface area contributed by atoms with Gasteiger partial charge >= 0.3 is 5.69 Å². The van der Waals surface area contributed by atoms with Gasteiger partial charge in [0.1, 0.15) is 11.9 Å². The minimum atomic E-state index is -0.887. The summed E-state index contributed by atoms with van der Waals surface area (Å²) in [6.07, 6.45) is 0.156. The van der Waals surface area contributed by atoms with Crippen molar-refractivity contribution in [3.63, 3.8) is 0 Å². The number of anilines is 2. The van der Waals surface area contributed by atoms with Crippen LogP contribution in [0, 0.1) is 10.1 Å². The van der Waals surface area contributed by atoms with Crippen molar-refractivity contribution in [1.29, 1.82) is 0 Å². The maximum Gasteiger partial charge on any atom is 0.329 e.